The summed E-state index contributed by atoms with van der Waals surface area (Å²) in [5, 5.41) is 3.65. The lowest BCUT2D eigenvalue weighted by molar-refractivity contribution is 0.669. The van der Waals surface area contributed by atoms with Crippen LogP contribution in [-0.4, -0.2) is 9.13 Å². The minimum Gasteiger partial charge on any atom is -0.456 e. The van der Waals surface area contributed by atoms with E-state index in [-0.39, 0.29) is 57.6 Å². The van der Waals surface area contributed by atoms with Gasteiger partial charge in [0.1, 0.15) is 11.2 Å². The first-order chi connectivity index (χ1) is 31.2. The van der Waals surface area contributed by atoms with E-state index < -0.39 is 12.1 Å². The number of para-hydroxylation sites is 3. The second-order valence-electron chi connectivity index (χ2n) is 14.3. The van der Waals surface area contributed by atoms with Gasteiger partial charge < -0.3 is 13.6 Å². The summed E-state index contributed by atoms with van der Waals surface area (Å²) in [4.78, 5) is 0. The highest BCUT2D eigenvalue weighted by molar-refractivity contribution is 6.17. The number of nitrogens with zero attached hydrogens (tertiary/aromatic N) is 2. The average Bonchev–Trinajstić information content (AvgIpc) is 4.01. The van der Waals surface area contributed by atoms with Gasteiger partial charge in [-0.05, 0) is 88.4 Å². The zero-order valence-corrected chi connectivity index (χ0v) is 30.4. The van der Waals surface area contributed by atoms with Crippen molar-refractivity contribution in [3.05, 3.63) is 206 Å². The minimum atomic E-state index is -0.439. The van der Waals surface area contributed by atoms with E-state index in [4.69, 9.17) is 7.16 Å². The van der Waals surface area contributed by atoms with Crippen molar-refractivity contribution in [1.82, 2.24) is 9.13 Å². The molecule has 57 heavy (non-hydrogen) atoms. The van der Waals surface area contributed by atoms with Crippen LogP contribution >= 0.6 is 0 Å². The molecule has 3 heterocycles. The Hall–Kier alpha value is -7.62. The van der Waals surface area contributed by atoms with Crippen LogP contribution in [0.15, 0.2) is 211 Å². The fourth-order valence-electron chi connectivity index (χ4n) is 8.62. The average molecular weight is 734 g/mol. The van der Waals surface area contributed by atoms with Gasteiger partial charge in [0, 0.05) is 38.2 Å². The van der Waals surface area contributed by atoms with E-state index in [1.165, 1.54) is 0 Å². The normalized spacial score (nSPS) is 13.6. The van der Waals surface area contributed by atoms with Crippen LogP contribution in [0.25, 0.3) is 110 Å². The van der Waals surface area contributed by atoms with E-state index >= 15 is 0 Å². The van der Waals surface area contributed by atoms with Gasteiger partial charge >= 0.3 is 0 Å². The molecule has 0 aliphatic rings. The summed E-state index contributed by atoms with van der Waals surface area (Å²) in [6, 6.07) is 52.3. The third-order valence-electron chi connectivity index (χ3n) is 11.2. The van der Waals surface area contributed by atoms with E-state index in [0.29, 0.717) is 27.8 Å². The van der Waals surface area contributed by atoms with Crippen LogP contribution in [0.3, 0.4) is 0 Å². The standard InChI is InChI=1S/C54H34N2O/c1-3-13-35(14-4-1)36-25-29-40(30-26-36)55-48-31-27-39(34-46(48)43-20-11-19-41(54(43)55)37-15-5-2-6-16-37)38-28-32-49-45(33-38)42-17-7-9-21-47(42)56(49)50-22-12-24-52-53(50)44-18-8-10-23-51(44)57-52/h1-34H/i7D,9D,17D,21D,28D,32D,33D. The Morgan fingerprint density at radius 2 is 1.09 bits per heavy atom. The summed E-state index contributed by atoms with van der Waals surface area (Å²) in [5.41, 5.74) is 9.97. The Labute approximate surface area is 338 Å². The van der Waals surface area contributed by atoms with Gasteiger partial charge in [0.25, 0.3) is 0 Å². The fraction of sp³-hybridized carbons (Fsp3) is 0. The Morgan fingerprint density at radius 1 is 0.404 bits per heavy atom. The molecule has 9 aromatic carbocycles. The molecule has 0 aliphatic carbocycles. The molecule has 0 fully saturated rings. The largest absolute Gasteiger partial charge is 0.456 e. The van der Waals surface area contributed by atoms with Gasteiger partial charge in [-0.2, -0.15) is 0 Å². The van der Waals surface area contributed by atoms with Crippen LogP contribution in [0.2, 0.25) is 0 Å². The van der Waals surface area contributed by atoms with Crippen molar-refractivity contribution >= 4 is 65.6 Å². The van der Waals surface area contributed by atoms with Gasteiger partial charge in [-0.15, -0.1) is 0 Å². The third kappa shape index (κ3) is 4.86. The smallest absolute Gasteiger partial charge is 0.137 e. The quantitative estimate of drug-likeness (QED) is 0.173. The van der Waals surface area contributed by atoms with Gasteiger partial charge in [0.05, 0.1) is 42.7 Å². The molecule has 3 aromatic heterocycles. The zero-order chi connectivity index (χ0) is 43.5. The summed E-state index contributed by atoms with van der Waals surface area (Å²) >= 11 is 0. The summed E-state index contributed by atoms with van der Waals surface area (Å²) in [5.74, 6) is 0. The molecule has 0 spiro atoms. The number of hydrogen-bond acceptors (Lipinski definition) is 1. The molecule has 0 amide bonds. The predicted octanol–water partition coefficient (Wildman–Crippen LogP) is 14.8. The lowest BCUT2D eigenvalue weighted by Crippen LogP contribution is -1.95. The summed E-state index contributed by atoms with van der Waals surface area (Å²) < 4.78 is 75.6. The second-order valence-corrected chi connectivity index (χ2v) is 14.3. The van der Waals surface area contributed by atoms with Gasteiger partial charge in [0.2, 0.25) is 0 Å². The van der Waals surface area contributed by atoms with Crippen LogP contribution in [0.5, 0.6) is 0 Å². The van der Waals surface area contributed by atoms with Crippen molar-refractivity contribution in [2.24, 2.45) is 0 Å². The highest BCUT2D eigenvalue weighted by Gasteiger charge is 2.20. The maximum atomic E-state index is 9.98. The van der Waals surface area contributed by atoms with E-state index in [1.807, 2.05) is 97.1 Å². The van der Waals surface area contributed by atoms with Gasteiger partial charge in [-0.1, -0.05) is 145 Å². The molecule has 3 heteroatoms. The fourth-order valence-corrected chi connectivity index (χ4v) is 8.62. The third-order valence-corrected chi connectivity index (χ3v) is 11.2. The van der Waals surface area contributed by atoms with Crippen molar-refractivity contribution in [3.8, 4) is 44.8 Å². The molecule has 12 aromatic rings. The highest BCUT2D eigenvalue weighted by Crippen LogP contribution is 2.42. The van der Waals surface area contributed by atoms with Crippen molar-refractivity contribution < 1.29 is 14.0 Å². The van der Waals surface area contributed by atoms with E-state index in [0.717, 1.165) is 55.1 Å². The van der Waals surface area contributed by atoms with Crippen LogP contribution < -0.4 is 0 Å². The van der Waals surface area contributed by atoms with Crippen molar-refractivity contribution in [2.75, 3.05) is 0 Å². The van der Waals surface area contributed by atoms with Crippen LogP contribution in [0, 0.1) is 0 Å². The van der Waals surface area contributed by atoms with Gasteiger partial charge in [-0.3, -0.25) is 0 Å². The molecule has 0 radical (unpaired) electrons. The lowest BCUT2D eigenvalue weighted by Gasteiger charge is -2.13. The second kappa shape index (κ2) is 12.5. The number of fused-ring (bicyclic) bond motifs is 9. The number of benzene rings is 9. The molecule has 0 atom stereocenters. The van der Waals surface area contributed by atoms with E-state index in [9.17, 15) is 6.85 Å². The summed E-state index contributed by atoms with van der Waals surface area (Å²) in [6.07, 6.45) is 0. The maximum Gasteiger partial charge on any atom is 0.137 e. The molecule has 0 bridgehead atoms. The van der Waals surface area contributed by atoms with Crippen molar-refractivity contribution in [3.63, 3.8) is 0 Å². The number of hydrogen-bond donors (Lipinski definition) is 0. The molecule has 0 saturated heterocycles. The van der Waals surface area contributed by atoms with Crippen molar-refractivity contribution in [1.29, 1.82) is 0 Å². The zero-order valence-electron chi connectivity index (χ0n) is 37.4. The first-order valence-electron chi connectivity index (χ1n) is 22.4. The molecular weight excluding hydrogens is 693 g/mol. The SMILES string of the molecule is [2H]c1c([2H])c([2H])c2c(c1[2H])c1c([2H])c(-c3ccc4c(c3)c3cccc(-c5ccccc5)c3n4-c3ccc(-c4ccccc4)cc3)c([2H])c([2H])c1n2-c1cccc2oc3ccccc3c12. The van der Waals surface area contributed by atoms with Crippen LogP contribution in [0.1, 0.15) is 9.60 Å². The molecule has 0 saturated carbocycles. The molecule has 0 unspecified atom stereocenters. The predicted molar refractivity (Wildman–Crippen MR) is 239 cm³/mol. The molecular formula is C54H34N2O. The number of furan rings is 1. The number of rotatable bonds is 5. The molecule has 266 valence electrons. The monoisotopic (exact) mass is 733 g/mol. The van der Waals surface area contributed by atoms with E-state index in [1.54, 1.807) is 10.6 Å². The number of aromatic nitrogens is 2. The summed E-state index contributed by atoms with van der Waals surface area (Å²) in [6.45, 7) is 0. The van der Waals surface area contributed by atoms with E-state index in [2.05, 4.69) is 65.2 Å². The van der Waals surface area contributed by atoms with Gasteiger partial charge in [-0.25, -0.2) is 0 Å². The Bertz CT molecular complexity index is 3910. The molecule has 0 N–H and O–H groups in total. The van der Waals surface area contributed by atoms with Crippen LogP contribution in [0.4, 0.5) is 0 Å². The minimum absolute atomic E-state index is 0.0985. The molecule has 0 aliphatic heterocycles. The topological polar surface area (TPSA) is 23.0 Å². The highest BCUT2D eigenvalue weighted by atomic mass is 16.3. The Morgan fingerprint density at radius 3 is 1.95 bits per heavy atom. The Kier molecular flexibility index (Phi) is 5.56. The molecule has 12 rings (SSSR count). The van der Waals surface area contributed by atoms with Crippen molar-refractivity contribution in [2.45, 2.75) is 0 Å². The summed E-state index contributed by atoms with van der Waals surface area (Å²) in [7, 11) is 0. The Balaban J connectivity index is 1.15. The maximum absolute atomic E-state index is 9.98. The lowest BCUT2D eigenvalue weighted by atomic mass is 9.99. The first-order valence-corrected chi connectivity index (χ1v) is 18.9. The first kappa shape index (κ1) is 25.5. The molecule has 3 nitrogen and oxygen atoms in total. The van der Waals surface area contributed by atoms with Crippen LogP contribution in [-0.2, 0) is 0 Å². The van der Waals surface area contributed by atoms with Gasteiger partial charge in [0.15, 0.2) is 0 Å².